The van der Waals surface area contributed by atoms with E-state index in [1.54, 1.807) is 6.20 Å². The first-order valence-corrected chi connectivity index (χ1v) is 9.31. The van der Waals surface area contributed by atoms with Gasteiger partial charge in [0.15, 0.2) is 0 Å². The number of rotatable bonds is 4. The Labute approximate surface area is 159 Å². The minimum Gasteiger partial charge on any atom is -0.345 e. The predicted molar refractivity (Wildman–Crippen MR) is 108 cm³/mol. The Bertz CT molecular complexity index is 955. The lowest BCUT2D eigenvalue weighted by atomic mass is 10.1. The number of fused-ring (bicyclic) bond motifs is 1. The number of aromatic nitrogens is 1. The maximum atomic E-state index is 12.8. The van der Waals surface area contributed by atoms with E-state index in [1.165, 1.54) is 11.3 Å². The van der Waals surface area contributed by atoms with Gasteiger partial charge in [-0.15, -0.1) is 0 Å². The van der Waals surface area contributed by atoms with Gasteiger partial charge in [0.1, 0.15) is 0 Å². The standard InChI is InChI=1S/C23H23N3O/c1-16-12-19-10-6-7-11-22(19)26(16)21-13-20(14-24-15-21)23(27)25-17(2)18-8-4-3-5-9-18/h3-11,13-17H,12H2,1-2H3,(H,25,27). The molecule has 1 N–H and O–H groups in total. The van der Waals surface area contributed by atoms with E-state index in [-0.39, 0.29) is 11.9 Å². The van der Waals surface area contributed by atoms with Gasteiger partial charge in [-0.3, -0.25) is 9.78 Å². The third-order valence-electron chi connectivity index (χ3n) is 5.12. The van der Waals surface area contributed by atoms with Crippen molar-refractivity contribution < 1.29 is 4.79 Å². The van der Waals surface area contributed by atoms with Gasteiger partial charge in [-0.1, -0.05) is 48.5 Å². The average Bonchev–Trinajstić information content (AvgIpc) is 3.04. The van der Waals surface area contributed by atoms with E-state index in [2.05, 4.69) is 46.4 Å². The van der Waals surface area contributed by atoms with Gasteiger partial charge in [0.25, 0.3) is 5.91 Å². The monoisotopic (exact) mass is 357 g/mol. The van der Waals surface area contributed by atoms with Crippen LogP contribution >= 0.6 is 0 Å². The number of pyridine rings is 1. The number of anilines is 2. The molecule has 0 spiro atoms. The lowest BCUT2D eigenvalue weighted by Gasteiger charge is -2.25. The highest BCUT2D eigenvalue weighted by Crippen LogP contribution is 2.37. The van der Waals surface area contributed by atoms with Crippen LogP contribution in [0.1, 0.15) is 41.4 Å². The van der Waals surface area contributed by atoms with Crippen LogP contribution in [0.2, 0.25) is 0 Å². The van der Waals surface area contributed by atoms with Gasteiger partial charge in [-0.25, -0.2) is 0 Å². The van der Waals surface area contributed by atoms with Gasteiger partial charge in [-0.05, 0) is 43.5 Å². The van der Waals surface area contributed by atoms with Crippen LogP contribution in [0.15, 0.2) is 73.1 Å². The molecule has 27 heavy (non-hydrogen) atoms. The minimum atomic E-state index is -0.110. The lowest BCUT2D eigenvalue weighted by Crippen LogP contribution is -2.28. The molecule has 0 fully saturated rings. The van der Waals surface area contributed by atoms with Crippen LogP contribution in [-0.4, -0.2) is 16.9 Å². The fraction of sp³-hybridized carbons (Fsp3) is 0.217. The number of para-hydroxylation sites is 1. The summed E-state index contributed by atoms with van der Waals surface area (Å²) in [6.45, 7) is 4.19. The number of benzene rings is 2. The summed E-state index contributed by atoms with van der Waals surface area (Å²) >= 11 is 0. The van der Waals surface area contributed by atoms with Gasteiger partial charge >= 0.3 is 0 Å². The Morgan fingerprint density at radius 2 is 1.85 bits per heavy atom. The Morgan fingerprint density at radius 3 is 2.67 bits per heavy atom. The Balaban J connectivity index is 1.57. The molecule has 3 aromatic rings. The highest BCUT2D eigenvalue weighted by molar-refractivity contribution is 5.95. The maximum absolute atomic E-state index is 12.8. The van der Waals surface area contributed by atoms with Crippen LogP contribution in [0.25, 0.3) is 0 Å². The van der Waals surface area contributed by atoms with Gasteiger partial charge in [0.05, 0.1) is 23.5 Å². The van der Waals surface area contributed by atoms with E-state index in [0.29, 0.717) is 11.6 Å². The molecule has 4 rings (SSSR count). The van der Waals surface area contributed by atoms with Crippen LogP contribution in [0.3, 0.4) is 0 Å². The molecule has 2 aromatic carbocycles. The smallest absolute Gasteiger partial charge is 0.253 e. The first-order valence-electron chi connectivity index (χ1n) is 9.31. The molecular formula is C23H23N3O. The molecule has 1 aliphatic heterocycles. The van der Waals surface area contributed by atoms with Gasteiger partial charge in [-0.2, -0.15) is 0 Å². The van der Waals surface area contributed by atoms with E-state index < -0.39 is 0 Å². The number of amides is 1. The molecule has 2 heterocycles. The fourth-order valence-corrected chi connectivity index (χ4v) is 3.75. The summed E-state index contributed by atoms with van der Waals surface area (Å²) in [5, 5.41) is 3.06. The van der Waals surface area contributed by atoms with Gasteiger partial charge in [0.2, 0.25) is 0 Å². The van der Waals surface area contributed by atoms with Crippen molar-refractivity contribution in [1.82, 2.24) is 10.3 Å². The second-order valence-electron chi connectivity index (χ2n) is 7.09. The first kappa shape index (κ1) is 17.3. The van der Waals surface area contributed by atoms with E-state index in [4.69, 9.17) is 0 Å². The van der Waals surface area contributed by atoms with E-state index in [0.717, 1.165) is 17.7 Å². The number of nitrogens with zero attached hydrogens (tertiary/aromatic N) is 2. The van der Waals surface area contributed by atoms with Crippen LogP contribution in [0, 0.1) is 0 Å². The van der Waals surface area contributed by atoms with Crippen molar-refractivity contribution in [3.05, 3.63) is 89.7 Å². The Morgan fingerprint density at radius 1 is 1.11 bits per heavy atom. The number of hydrogen-bond donors (Lipinski definition) is 1. The van der Waals surface area contributed by atoms with E-state index >= 15 is 0 Å². The van der Waals surface area contributed by atoms with Crippen molar-refractivity contribution in [3.63, 3.8) is 0 Å². The SMILES string of the molecule is CC(NC(=O)c1cncc(N2c3ccccc3CC2C)c1)c1ccccc1. The zero-order valence-electron chi connectivity index (χ0n) is 15.6. The van der Waals surface area contributed by atoms with Crippen molar-refractivity contribution in [1.29, 1.82) is 0 Å². The van der Waals surface area contributed by atoms with Gasteiger partial charge in [0, 0.05) is 17.9 Å². The largest absolute Gasteiger partial charge is 0.345 e. The molecule has 0 aliphatic carbocycles. The van der Waals surface area contributed by atoms with E-state index in [1.807, 2.05) is 49.5 Å². The molecule has 2 unspecified atom stereocenters. The molecule has 2 atom stereocenters. The second-order valence-corrected chi connectivity index (χ2v) is 7.09. The molecule has 136 valence electrons. The summed E-state index contributed by atoms with van der Waals surface area (Å²) in [7, 11) is 0. The summed E-state index contributed by atoms with van der Waals surface area (Å²) in [5.74, 6) is -0.110. The molecule has 4 nitrogen and oxygen atoms in total. The maximum Gasteiger partial charge on any atom is 0.253 e. The van der Waals surface area contributed by atoms with Crippen LogP contribution in [-0.2, 0) is 6.42 Å². The topological polar surface area (TPSA) is 45.2 Å². The third kappa shape index (κ3) is 3.43. The molecular weight excluding hydrogens is 334 g/mol. The zero-order valence-corrected chi connectivity index (χ0v) is 15.6. The van der Waals surface area contributed by atoms with Crippen molar-refractivity contribution in [2.75, 3.05) is 4.90 Å². The first-order chi connectivity index (χ1) is 13.1. The van der Waals surface area contributed by atoms with Crippen LogP contribution in [0.5, 0.6) is 0 Å². The van der Waals surface area contributed by atoms with Gasteiger partial charge < -0.3 is 10.2 Å². The molecule has 4 heteroatoms. The lowest BCUT2D eigenvalue weighted by molar-refractivity contribution is 0.0939. The molecule has 1 amide bonds. The van der Waals surface area contributed by atoms with Crippen LogP contribution < -0.4 is 10.2 Å². The Hall–Kier alpha value is -3.14. The summed E-state index contributed by atoms with van der Waals surface area (Å²) in [5.41, 5.74) is 5.14. The minimum absolute atomic E-state index is 0.0613. The molecule has 0 bridgehead atoms. The van der Waals surface area contributed by atoms with Crippen molar-refractivity contribution in [2.45, 2.75) is 32.4 Å². The number of nitrogens with one attached hydrogen (secondary N) is 1. The van der Waals surface area contributed by atoms with E-state index in [9.17, 15) is 4.79 Å². The Kier molecular flexibility index (Phi) is 4.63. The molecule has 0 radical (unpaired) electrons. The van der Waals surface area contributed by atoms with Crippen molar-refractivity contribution >= 4 is 17.3 Å². The molecule has 1 aliphatic rings. The summed E-state index contributed by atoms with van der Waals surface area (Å²) in [6.07, 6.45) is 4.46. The average molecular weight is 357 g/mol. The fourth-order valence-electron chi connectivity index (χ4n) is 3.75. The predicted octanol–water partition coefficient (Wildman–Crippen LogP) is 4.66. The summed E-state index contributed by atoms with van der Waals surface area (Å²) in [4.78, 5) is 19.4. The zero-order chi connectivity index (χ0) is 18.8. The number of hydrogen-bond acceptors (Lipinski definition) is 3. The molecule has 0 saturated heterocycles. The normalized spacial score (nSPS) is 16.7. The molecule has 1 aromatic heterocycles. The highest BCUT2D eigenvalue weighted by Gasteiger charge is 2.27. The number of carbonyl (C=O) groups is 1. The third-order valence-corrected chi connectivity index (χ3v) is 5.12. The summed E-state index contributed by atoms with van der Waals surface area (Å²) in [6, 6.07) is 20.6. The quantitative estimate of drug-likeness (QED) is 0.739. The highest BCUT2D eigenvalue weighted by atomic mass is 16.1. The van der Waals surface area contributed by atoms with Crippen molar-refractivity contribution in [3.8, 4) is 0 Å². The number of carbonyl (C=O) groups excluding carboxylic acids is 1. The molecule has 0 saturated carbocycles. The van der Waals surface area contributed by atoms with Crippen LogP contribution in [0.4, 0.5) is 11.4 Å². The van der Waals surface area contributed by atoms with Crippen molar-refractivity contribution in [2.24, 2.45) is 0 Å². The summed E-state index contributed by atoms with van der Waals surface area (Å²) < 4.78 is 0. The second kappa shape index (κ2) is 7.23.